The van der Waals surface area contributed by atoms with E-state index in [-0.39, 0.29) is 17.4 Å². The zero-order valence-electron chi connectivity index (χ0n) is 18.1. The maximum Gasteiger partial charge on any atom is 0.247 e. The van der Waals surface area contributed by atoms with Gasteiger partial charge in [-0.2, -0.15) is 0 Å². The Bertz CT molecular complexity index is 1160. The molecule has 0 aliphatic carbocycles. The van der Waals surface area contributed by atoms with Gasteiger partial charge in [-0.15, -0.1) is 0 Å². The van der Waals surface area contributed by atoms with Crippen molar-refractivity contribution in [3.8, 4) is 0 Å². The average molecular weight is 463 g/mol. The molecule has 2 amide bonds. The standard InChI is InChI=1S/C26H26N2O4S/c29-25(23(19-10-4-1-5-11-19)20-12-6-2-7-13-20)28-24(21-14-8-3-9-15-21)26(30)27-22-16-17-33(31,32)18-22/h1-15,22-24H,16-18H2,(H,27,30)(H,28,29)/t22-,24-/m1/s1. The minimum atomic E-state index is -3.14. The minimum absolute atomic E-state index is 0.0599. The fraction of sp³-hybridized carbons (Fsp3) is 0.231. The van der Waals surface area contributed by atoms with Crippen molar-refractivity contribution >= 4 is 21.7 Å². The molecule has 2 N–H and O–H groups in total. The molecule has 1 heterocycles. The number of carbonyl (C=O) groups excluding carboxylic acids is 2. The average Bonchev–Trinajstić information content (AvgIpc) is 3.17. The number of rotatable bonds is 7. The molecule has 1 aliphatic heterocycles. The van der Waals surface area contributed by atoms with Gasteiger partial charge in [-0.25, -0.2) is 8.42 Å². The maximum absolute atomic E-state index is 13.6. The molecule has 7 heteroatoms. The summed E-state index contributed by atoms with van der Waals surface area (Å²) in [6.07, 6.45) is 0.375. The third-order valence-corrected chi connectivity index (χ3v) is 7.56. The third kappa shape index (κ3) is 5.68. The number of amides is 2. The Hall–Kier alpha value is -3.45. The fourth-order valence-electron chi connectivity index (χ4n) is 4.15. The third-order valence-electron chi connectivity index (χ3n) is 5.79. The van der Waals surface area contributed by atoms with E-state index < -0.39 is 33.7 Å². The SMILES string of the molecule is O=C(N[C@@H](C(=O)N[C@@H]1CCS(=O)(=O)C1)c1ccccc1)C(c1ccccc1)c1ccccc1. The van der Waals surface area contributed by atoms with E-state index in [1.54, 1.807) is 24.3 Å². The van der Waals surface area contributed by atoms with Gasteiger partial charge in [0.15, 0.2) is 9.84 Å². The van der Waals surface area contributed by atoms with Crippen molar-refractivity contribution in [1.82, 2.24) is 10.6 Å². The summed E-state index contributed by atoms with van der Waals surface area (Å²) in [7, 11) is -3.14. The first-order valence-corrected chi connectivity index (χ1v) is 12.7. The fourth-order valence-corrected chi connectivity index (χ4v) is 5.82. The van der Waals surface area contributed by atoms with Crippen molar-refractivity contribution in [2.75, 3.05) is 11.5 Å². The number of nitrogens with one attached hydrogen (secondary N) is 2. The Morgan fingerprint density at radius 3 is 1.67 bits per heavy atom. The van der Waals surface area contributed by atoms with Crippen LogP contribution in [0.3, 0.4) is 0 Å². The molecule has 1 saturated heterocycles. The van der Waals surface area contributed by atoms with Crippen LogP contribution < -0.4 is 10.6 Å². The van der Waals surface area contributed by atoms with Gasteiger partial charge in [-0.05, 0) is 23.1 Å². The molecule has 0 aromatic heterocycles. The van der Waals surface area contributed by atoms with Gasteiger partial charge in [0.2, 0.25) is 11.8 Å². The molecule has 0 saturated carbocycles. The first-order chi connectivity index (χ1) is 15.9. The molecule has 3 aromatic rings. The van der Waals surface area contributed by atoms with E-state index in [9.17, 15) is 18.0 Å². The van der Waals surface area contributed by atoms with E-state index in [1.165, 1.54) is 0 Å². The van der Waals surface area contributed by atoms with Crippen LogP contribution in [-0.4, -0.2) is 37.8 Å². The topological polar surface area (TPSA) is 92.3 Å². The molecule has 0 unspecified atom stereocenters. The first kappa shape index (κ1) is 22.7. The van der Waals surface area contributed by atoms with E-state index in [2.05, 4.69) is 10.6 Å². The predicted octanol–water partition coefficient (Wildman–Crippen LogP) is 2.98. The van der Waals surface area contributed by atoms with Crippen LogP contribution in [0.1, 0.15) is 35.1 Å². The summed E-state index contributed by atoms with van der Waals surface area (Å²) >= 11 is 0. The van der Waals surface area contributed by atoms with Crippen LogP contribution in [0.2, 0.25) is 0 Å². The van der Waals surface area contributed by atoms with Crippen molar-refractivity contribution in [3.05, 3.63) is 108 Å². The lowest BCUT2D eigenvalue weighted by atomic mass is 9.90. The van der Waals surface area contributed by atoms with Gasteiger partial charge in [0, 0.05) is 6.04 Å². The molecule has 3 aromatic carbocycles. The molecule has 33 heavy (non-hydrogen) atoms. The number of sulfone groups is 1. The van der Waals surface area contributed by atoms with Gasteiger partial charge in [-0.1, -0.05) is 91.0 Å². The second-order valence-corrected chi connectivity index (χ2v) is 10.4. The maximum atomic E-state index is 13.6. The van der Waals surface area contributed by atoms with Gasteiger partial charge in [0.1, 0.15) is 6.04 Å². The number of benzene rings is 3. The quantitative estimate of drug-likeness (QED) is 0.565. The van der Waals surface area contributed by atoms with Crippen molar-refractivity contribution < 1.29 is 18.0 Å². The number of hydrogen-bond acceptors (Lipinski definition) is 4. The van der Waals surface area contributed by atoms with Crippen LogP contribution in [0.25, 0.3) is 0 Å². The summed E-state index contributed by atoms with van der Waals surface area (Å²) in [5, 5.41) is 5.75. The molecule has 170 valence electrons. The van der Waals surface area contributed by atoms with Gasteiger partial charge in [0.25, 0.3) is 0 Å². The highest BCUT2D eigenvalue weighted by Crippen LogP contribution is 2.26. The zero-order valence-corrected chi connectivity index (χ0v) is 18.9. The Morgan fingerprint density at radius 1 is 0.727 bits per heavy atom. The second-order valence-electron chi connectivity index (χ2n) is 8.22. The first-order valence-electron chi connectivity index (χ1n) is 10.9. The van der Waals surface area contributed by atoms with E-state index in [0.29, 0.717) is 12.0 Å². The molecular formula is C26H26N2O4S. The summed E-state index contributed by atoms with van der Waals surface area (Å²) in [5.41, 5.74) is 2.26. The van der Waals surface area contributed by atoms with Crippen molar-refractivity contribution in [3.63, 3.8) is 0 Å². The molecule has 0 radical (unpaired) electrons. The van der Waals surface area contributed by atoms with Gasteiger partial charge >= 0.3 is 0 Å². The van der Waals surface area contributed by atoms with Gasteiger partial charge in [0.05, 0.1) is 17.4 Å². The molecule has 1 aliphatic rings. The molecule has 6 nitrogen and oxygen atoms in total. The zero-order chi connectivity index (χ0) is 23.3. The highest BCUT2D eigenvalue weighted by Gasteiger charge is 2.33. The number of hydrogen-bond donors (Lipinski definition) is 2. The second kappa shape index (κ2) is 10.0. The van der Waals surface area contributed by atoms with Crippen LogP contribution in [0.4, 0.5) is 0 Å². The van der Waals surface area contributed by atoms with E-state index >= 15 is 0 Å². The molecule has 0 bridgehead atoms. The van der Waals surface area contributed by atoms with Crippen molar-refractivity contribution in [1.29, 1.82) is 0 Å². The van der Waals surface area contributed by atoms with E-state index in [1.807, 2.05) is 66.7 Å². The van der Waals surface area contributed by atoms with Crippen LogP contribution in [0, 0.1) is 0 Å². The normalized spacial score (nSPS) is 17.9. The molecule has 1 fully saturated rings. The Balaban J connectivity index is 1.62. The summed E-state index contributed by atoms with van der Waals surface area (Å²) < 4.78 is 23.6. The van der Waals surface area contributed by atoms with Gasteiger partial charge < -0.3 is 10.6 Å². The Kier molecular flexibility index (Phi) is 6.89. The van der Waals surface area contributed by atoms with E-state index in [4.69, 9.17) is 0 Å². The molecule has 0 spiro atoms. The summed E-state index contributed by atoms with van der Waals surface area (Å²) in [5.74, 6) is -1.35. The van der Waals surface area contributed by atoms with Gasteiger partial charge in [-0.3, -0.25) is 9.59 Å². The lowest BCUT2D eigenvalue weighted by molar-refractivity contribution is -0.129. The summed E-state index contributed by atoms with van der Waals surface area (Å²) in [4.78, 5) is 26.8. The van der Waals surface area contributed by atoms with Crippen LogP contribution in [-0.2, 0) is 19.4 Å². The molecule has 4 rings (SSSR count). The predicted molar refractivity (Wildman–Crippen MR) is 127 cm³/mol. The van der Waals surface area contributed by atoms with Crippen LogP contribution >= 0.6 is 0 Å². The summed E-state index contributed by atoms with van der Waals surface area (Å²) in [6.45, 7) is 0. The Labute approximate surface area is 194 Å². The highest BCUT2D eigenvalue weighted by molar-refractivity contribution is 7.91. The minimum Gasteiger partial charge on any atom is -0.350 e. The number of carbonyl (C=O) groups is 2. The monoisotopic (exact) mass is 462 g/mol. The largest absolute Gasteiger partial charge is 0.350 e. The van der Waals surface area contributed by atoms with Crippen molar-refractivity contribution in [2.24, 2.45) is 0 Å². The summed E-state index contributed by atoms with van der Waals surface area (Å²) in [6, 6.07) is 26.4. The van der Waals surface area contributed by atoms with E-state index in [0.717, 1.165) is 11.1 Å². The van der Waals surface area contributed by atoms with Crippen LogP contribution in [0.15, 0.2) is 91.0 Å². The lowest BCUT2D eigenvalue weighted by Crippen LogP contribution is -2.46. The molecule has 2 atom stereocenters. The highest BCUT2D eigenvalue weighted by atomic mass is 32.2. The Morgan fingerprint density at radius 2 is 1.21 bits per heavy atom. The van der Waals surface area contributed by atoms with Crippen molar-refractivity contribution in [2.45, 2.75) is 24.4 Å². The van der Waals surface area contributed by atoms with Crippen LogP contribution in [0.5, 0.6) is 0 Å². The molecular weight excluding hydrogens is 436 g/mol. The lowest BCUT2D eigenvalue weighted by Gasteiger charge is -2.24. The smallest absolute Gasteiger partial charge is 0.247 e.